The van der Waals surface area contributed by atoms with Crippen molar-refractivity contribution in [1.82, 2.24) is 23.7 Å². The molecule has 0 saturated heterocycles. The molecule has 0 amide bonds. The van der Waals surface area contributed by atoms with Gasteiger partial charge in [0.2, 0.25) is 0 Å². The molecule has 310 valence electrons. The van der Waals surface area contributed by atoms with Gasteiger partial charge in [0.15, 0.2) is 5.82 Å². The fourth-order valence-corrected chi connectivity index (χ4v) is 10.2. The molecule has 7 heteroatoms. The van der Waals surface area contributed by atoms with Crippen LogP contribution in [0.5, 0.6) is 0 Å². The van der Waals surface area contributed by atoms with Gasteiger partial charge in [0, 0.05) is 60.4 Å². The zero-order valence-corrected chi connectivity index (χ0v) is 35.8. The quantitative estimate of drug-likeness (QED) is 0.167. The molecule has 13 aromatic rings. The largest absolute Gasteiger partial charge is 0.309 e. The van der Waals surface area contributed by atoms with Gasteiger partial charge in [-0.3, -0.25) is 0 Å². The number of aromatic nitrogens is 5. The zero-order valence-electron chi connectivity index (χ0n) is 35.8. The third-order valence-corrected chi connectivity index (χ3v) is 13.1. The Balaban J connectivity index is 1.06. The third-order valence-electron chi connectivity index (χ3n) is 13.1. The van der Waals surface area contributed by atoms with Crippen LogP contribution in [0.1, 0.15) is 11.1 Å². The zero-order chi connectivity index (χ0) is 44.6. The maximum Gasteiger partial charge on any atom is 0.160 e. The Morgan fingerprint density at radius 1 is 0.343 bits per heavy atom. The molecule has 0 fully saturated rings. The Labute approximate surface area is 384 Å². The third kappa shape index (κ3) is 5.76. The summed E-state index contributed by atoms with van der Waals surface area (Å²) in [5.41, 5.74) is 13.1. The van der Waals surface area contributed by atoms with Gasteiger partial charge in [-0.25, -0.2) is 9.97 Å². The van der Waals surface area contributed by atoms with E-state index in [1.165, 1.54) is 0 Å². The molecule has 0 aliphatic heterocycles. The lowest BCUT2D eigenvalue weighted by molar-refractivity contribution is 1.14. The Hall–Kier alpha value is -9.56. The van der Waals surface area contributed by atoms with Crippen molar-refractivity contribution in [2.75, 3.05) is 0 Å². The summed E-state index contributed by atoms with van der Waals surface area (Å²) in [5.74, 6) is 0.473. The van der Waals surface area contributed by atoms with Gasteiger partial charge in [-0.05, 0) is 60.7 Å². The van der Waals surface area contributed by atoms with Crippen molar-refractivity contribution in [2.45, 2.75) is 0 Å². The van der Waals surface area contributed by atoms with Crippen LogP contribution in [0, 0.1) is 22.7 Å². The Morgan fingerprint density at radius 3 is 1.42 bits per heavy atom. The van der Waals surface area contributed by atoms with Crippen molar-refractivity contribution in [3.05, 3.63) is 223 Å². The molecular formula is C60H35N7. The molecule has 0 radical (unpaired) electrons. The van der Waals surface area contributed by atoms with E-state index >= 15 is 0 Å². The molecule has 0 aliphatic carbocycles. The number of nitriles is 2. The van der Waals surface area contributed by atoms with Crippen LogP contribution in [0.2, 0.25) is 0 Å². The second-order valence-electron chi connectivity index (χ2n) is 16.8. The Kier molecular flexibility index (Phi) is 8.51. The lowest BCUT2D eigenvalue weighted by atomic mass is 9.98. The van der Waals surface area contributed by atoms with E-state index in [2.05, 4.69) is 171 Å². The van der Waals surface area contributed by atoms with Crippen LogP contribution in [0.25, 0.3) is 116 Å². The van der Waals surface area contributed by atoms with Crippen molar-refractivity contribution >= 4 is 65.4 Å². The fourth-order valence-electron chi connectivity index (χ4n) is 10.2. The Morgan fingerprint density at radius 2 is 0.806 bits per heavy atom. The monoisotopic (exact) mass is 853 g/mol. The van der Waals surface area contributed by atoms with Crippen LogP contribution in [0.3, 0.4) is 0 Å². The maximum atomic E-state index is 11.2. The van der Waals surface area contributed by atoms with Crippen molar-refractivity contribution in [2.24, 2.45) is 0 Å². The smallest absolute Gasteiger partial charge is 0.160 e. The number of fused-ring (bicyclic) bond motifs is 10. The minimum atomic E-state index is 0.331. The second kappa shape index (κ2) is 15.0. The minimum absolute atomic E-state index is 0.331. The first kappa shape index (κ1) is 37.9. The molecule has 0 spiro atoms. The lowest BCUT2D eigenvalue weighted by Crippen LogP contribution is -2.03. The highest BCUT2D eigenvalue weighted by Crippen LogP contribution is 2.43. The summed E-state index contributed by atoms with van der Waals surface area (Å²) in [6.45, 7) is 0. The van der Waals surface area contributed by atoms with Gasteiger partial charge in [0.05, 0.1) is 55.7 Å². The Bertz CT molecular complexity index is 4220. The van der Waals surface area contributed by atoms with Crippen LogP contribution in [0.15, 0.2) is 212 Å². The minimum Gasteiger partial charge on any atom is -0.309 e. The molecule has 4 heterocycles. The van der Waals surface area contributed by atoms with Crippen LogP contribution in [-0.2, 0) is 0 Å². The van der Waals surface area contributed by atoms with Crippen molar-refractivity contribution in [1.29, 1.82) is 10.5 Å². The van der Waals surface area contributed by atoms with Gasteiger partial charge in [0.25, 0.3) is 0 Å². The molecule has 0 unspecified atom stereocenters. The number of hydrogen-bond acceptors (Lipinski definition) is 4. The lowest BCUT2D eigenvalue weighted by Gasteiger charge is -2.16. The second-order valence-corrected chi connectivity index (χ2v) is 16.8. The summed E-state index contributed by atoms with van der Waals surface area (Å²) in [6, 6.07) is 77.6. The normalized spacial score (nSPS) is 11.6. The number of para-hydroxylation sites is 5. The van der Waals surface area contributed by atoms with Crippen LogP contribution >= 0.6 is 0 Å². The molecule has 0 bridgehead atoms. The number of rotatable bonds is 6. The summed E-state index contributed by atoms with van der Waals surface area (Å²) in [4.78, 5) is 10.4. The molecule has 0 N–H and O–H groups in total. The predicted molar refractivity (Wildman–Crippen MR) is 271 cm³/mol. The predicted octanol–water partition coefficient (Wildman–Crippen LogP) is 14.5. The summed E-state index contributed by atoms with van der Waals surface area (Å²) in [5, 5.41) is 28.9. The van der Waals surface area contributed by atoms with Gasteiger partial charge < -0.3 is 13.7 Å². The van der Waals surface area contributed by atoms with E-state index in [0.717, 1.165) is 93.6 Å². The van der Waals surface area contributed by atoms with Gasteiger partial charge in [-0.1, -0.05) is 152 Å². The van der Waals surface area contributed by atoms with Crippen LogP contribution in [0.4, 0.5) is 0 Å². The first-order valence-electron chi connectivity index (χ1n) is 22.2. The average molecular weight is 854 g/mol. The van der Waals surface area contributed by atoms with E-state index in [9.17, 15) is 10.5 Å². The topological polar surface area (TPSA) is 88.2 Å². The van der Waals surface area contributed by atoms with Crippen LogP contribution in [-0.4, -0.2) is 23.7 Å². The highest BCUT2D eigenvalue weighted by molar-refractivity contribution is 6.24. The van der Waals surface area contributed by atoms with Gasteiger partial charge in [-0.15, -0.1) is 0 Å². The summed E-state index contributed by atoms with van der Waals surface area (Å²) in [7, 11) is 0. The summed E-state index contributed by atoms with van der Waals surface area (Å²) >= 11 is 0. The number of hydrogen-bond donors (Lipinski definition) is 0. The molecule has 0 aliphatic rings. The van der Waals surface area contributed by atoms with Crippen molar-refractivity contribution in [3.8, 4) is 63.1 Å². The van der Waals surface area contributed by atoms with E-state index in [-0.39, 0.29) is 0 Å². The number of nitrogens with zero attached hydrogens (tertiary/aromatic N) is 7. The molecule has 13 rings (SSSR count). The number of benzene rings is 9. The van der Waals surface area contributed by atoms with Crippen molar-refractivity contribution < 1.29 is 0 Å². The molecule has 4 aromatic heterocycles. The van der Waals surface area contributed by atoms with Gasteiger partial charge in [-0.2, -0.15) is 10.5 Å². The molecule has 9 aromatic carbocycles. The van der Waals surface area contributed by atoms with E-state index in [4.69, 9.17) is 9.97 Å². The van der Waals surface area contributed by atoms with Crippen molar-refractivity contribution in [3.63, 3.8) is 0 Å². The van der Waals surface area contributed by atoms with Gasteiger partial charge in [0.1, 0.15) is 17.7 Å². The van der Waals surface area contributed by atoms with E-state index in [0.29, 0.717) is 33.9 Å². The fraction of sp³-hybridized carbons (Fsp3) is 0. The van der Waals surface area contributed by atoms with Gasteiger partial charge >= 0.3 is 0 Å². The highest BCUT2D eigenvalue weighted by Gasteiger charge is 2.25. The standard InChI is InChI=1S/C60H35N7/c61-36-41-34-39(29-33-51(41)67-54-27-15-12-24-46(54)49-32-31-48-45-23-11-14-26-53(45)66(58(48)59(49)67)43-20-8-3-9-21-43)57-50(37-62)56(38-16-4-1-5-17-38)63-60(64-57)40-28-30-47-44-22-10-13-25-52(44)65(55(47)35-40)42-18-6-2-7-19-42/h1-35H. The van der Waals surface area contributed by atoms with E-state index in [1.807, 2.05) is 66.7 Å². The molecule has 67 heavy (non-hydrogen) atoms. The maximum absolute atomic E-state index is 11.2. The first-order chi connectivity index (χ1) is 33.2. The van der Waals surface area contributed by atoms with E-state index in [1.54, 1.807) is 0 Å². The first-order valence-corrected chi connectivity index (χ1v) is 22.2. The average Bonchev–Trinajstić information content (AvgIpc) is 4.04. The molecular weight excluding hydrogens is 819 g/mol. The SMILES string of the molecule is N#Cc1cc(-c2nc(-c3ccc4c5ccccc5n(-c5ccccc5)c4c3)nc(-c3ccccc3)c2C#N)ccc1-n1c2ccccc2c2ccc3c4ccccc4n(-c4ccccc4)c3c21. The molecule has 0 saturated carbocycles. The van der Waals surface area contributed by atoms with E-state index < -0.39 is 0 Å². The van der Waals surface area contributed by atoms with Crippen LogP contribution < -0.4 is 0 Å². The molecule has 0 atom stereocenters. The summed E-state index contributed by atoms with van der Waals surface area (Å²) < 4.78 is 6.85. The highest BCUT2D eigenvalue weighted by atomic mass is 15.0. The summed E-state index contributed by atoms with van der Waals surface area (Å²) in [6.07, 6.45) is 0. The molecule has 7 nitrogen and oxygen atoms in total.